The van der Waals surface area contributed by atoms with Crippen LogP contribution in [-0.4, -0.2) is 29.9 Å². The lowest BCUT2D eigenvalue weighted by molar-refractivity contribution is -0.118. The van der Waals surface area contributed by atoms with Gasteiger partial charge in [0.2, 0.25) is 11.6 Å². The average Bonchev–Trinajstić information content (AvgIpc) is 2.46. The van der Waals surface area contributed by atoms with Crippen molar-refractivity contribution in [2.75, 3.05) is 13.1 Å². The van der Waals surface area contributed by atoms with Crippen LogP contribution in [0.25, 0.3) is 0 Å². The molecule has 0 bridgehead atoms. The summed E-state index contributed by atoms with van der Waals surface area (Å²) in [5.41, 5.74) is -1.66. The van der Waals surface area contributed by atoms with E-state index < -0.39 is 46.3 Å². The normalized spacial score (nSPS) is 16.6. The van der Waals surface area contributed by atoms with Crippen LogP contribution in [0.3, 0.4) is 0 Å². The van der Waals surface area contributed by atoms with Gasteiger partial charge in [0.15, 0.2) is 23.2 Å². The fraction of sp³-hybridized carbons (Fsp3) is 0.167. The molecule has 1 fully saturated rings. The summed E-state index contributed by atoms with van der Waals surface area (Å²) < 4.78 is 52.6. The Morgan fingerprint density at radius 3 is 2.19 bits per heavy atom. The van der Waals surface area contributed by atoms with Crippen LogP contribution in [0.15, 0.2) is 11.8 Å². The molecule has 1 aromatic rings. The predicted octanol–water partition coefficient (Wildman–Crippen LogP) is 0.735. The highest BCUT2D eigenvalue weighted by atomic mass is 19.2. The number of halogens is 4. The molecule has 1 aromatic carbocycles. The standard InChI is InChI=1S/C12H8F4N2O3/c13-7-6(11(20)10(16)9(15)8(7)14)5(19)3-4-12(21)18-2-1-17-4/h3,17,20H,1-2H2,(H,18,21). The highest BCUT2D eigenvalue weighted by Gasteiger charge is 2.29. The molecule has 1 aliphatic rings. The number of phenols is 1. The molecule has 3 N–H and O–H groups in total. The predicted molar refractivity (Wildman–Crippen MR) is 61.4 cm³/mol. The Morgan fingerprint density at radius 2 is 1.57 bits per heavy atom. The maximum atomic E-state index is 13.5. The number of carbonyl (C=O) groups excluding carboxylic acids is 2. The van der Waals surface area contributed by atoms with Gasteiger partial charge in [0.05, 0.1) is 0 Å². The summed E-state index contributed by atoms with van der Waals surface area (Å²) in [6.45, 7) is 0.579. The third kappa shape index (κ3) is 2.54. The van der Waals surface area contributed by atoms with Crippen LogP contribution < -0.4 is 10.6 Å². The van der Waals surface area contributed by atoms with E-state index in [1.165, 1.54) is 0 Å². The van der Waals surface area contributed by atoms with E-state index in [0.29, 0.717) is 12.6 Å². The number of aromatic hydroxyl groups is 1. The second-order valence-electron chi connectivity index (χ2n) is 4.08. The van der Waals surface area contributed by atoms with Crippen molar-refractivity contribution < 1.29 is 32.3 Å². The first-order valence-corrected chi connectivity index (χ1v) is 5.67. The van der Waals surface area contributed by atoms with E-state index in [1.54, 1.807) is 0 Å². The molecule has 0 unspecified atom stereocenters. The van der Waals surface area contributed by atoms with Gasteiger partial charge in [0.25, 0.3) is 5.91 Å². The molecule has 0 aliphatic carbocycles. The molecule has 1 saturated heterocycles. The van der Waals surface area contributed by atoms with Crippen LogP contribution in [0.1, 0.15) is 10.4 Å². The van der Waals surface area contributed by atoms with Crippen molar-refractivity contribution in [3.05, 3.63) is 40.6 Å². The summed E-state index contributed by atoms with van der Waals surface area (Å²) in [5, 5.41) is 14.1. The SMILES string of the molecule is O=C1NCCNC1=CC(=O)c1c(O)c(F)c(F)c(F)c1F. The van der Waals surface area contributed by atoms with Crippen molar-refractivity contribution in [1.82, 2.24) is 10.6 Å². The maximum absolute atomic E-state index is 13.5. The first-order valence-electron chi connectivity index (χ1n) is 5.67. The third-order valence-electron chi connectivity index (χ3n) is 2.73. The molecule has 0 spiro atoms. The van der Waals surface area contributed by atoms with Crippen molar-refractivity contribution in [2.45, 2.75) is 0 Å². The van der Waals surface area contributed by atoms with E-state index in [0.717, 1.165) is 0 Å². The molecule has 112 valence electrons. The largest absolute Gasteiger partial charge is 0.504 e. The van der Waals surface area contributed by atoms with E-state index >= 15 is 0 Å². The lowest BCUT2D eigenvalue weighted by Crippen LogP contribution is -2.43. The highest BCUT2D eigenvalue weighted by molar-refractivity contribution is 6.11. The summed E-state index contributed by atoms with van der Waals surface area (Å²) in [5.74, 6) is -12.3. The summed E-state index contributed by atoms with van der Waals surface area (Å²) in [4.78, 5) is 23.1. The molecule has 1 amide bonds. The van der Waals surface area contributed by atoms with Gasteiger partial charge in [-0.3, -0.25) is 9.59 Å². The van der Waals surface area contributed by atoms with Gasteiger partial charge in [-0.15, -0.1) is 0 Å². The van der Waals surface area contributed by atoms with Crippen LogP contribution >= 0.6 is 0 Å². The highest BCUT2D eigenvalue weighted by Crippen LogP contribution is 2.30. The first kappa shape index (κ1) is 14.8. The molecule has 21 heavy (non-hydrogen) atoms. The number of carbonyl (C=O) groups is 2. The number of piperazine rings is 1. The molecule has 2 rings (SSSR count). The molecular weight excluding hydrogens is 296 g/mol. The van der Waals surface area contributed by atoms with E-state index in [4.69, 9.17) is 0 Å². The molecule has 9 heteroatoms. The Balaban J connectivity index is 2.49. The minimum absolute atomic E-state index is 0.268. The molecule has 1 heterocycles. The van der Waals surface area contributed by atoms with Gasteiger partial charge in [-0.1, -0.05) is 0 Å². The van der Waals surface area contributed by atoms with Crippen molar-refractivity contribution in [1.29, 1.82) is 0 Å². The lowest BCUT2D eigenvalue weighted by Gasteiger charge is -2.17. The van der Waals surface area contributed by atoms with Gasteiger partial charge >= 0.3 is 0 Å². The van der Waals surface area contributed by atoms with Crippen LogP contribution in [0.5, 0.6) is 5.75 Å². The molecule has 0 saturated carbocycles. The number of ketones is 1. The van der Waals surface area contributed by atoms with Crippen molar-refractivity contribution >= 4 is 11.7 Å². The molecular formula is C12H8F4N2O3. The second-order valence-corrected chi connectivity index (χ2v) is 4.08. The number of amides is 1. The summed E-state index contributed by atoms with van der Waals surface area (Å²) >= 11 is 0. The van der Waals surface area contributed by atoms with E-state index in [9.17, 15) is 32.3 Å². The van der Waals surface area contributed by atoms with Crippen molar-refractivity contribution in [2.24, 2.45) is 0 Å². The van der Waals surface area contributed by atoms with Gasteiger partial charge < -0.3 is 15.7 Å². The fourth-order valence-corrected chi connectivity index (χ4v) is 1.71. The van der Waals surface area contributed by atoms with E-state index in [2.05, 4.69) is 10.6 Å². The number of benzene rings is 1. The summed E-state index contributed by atoms with van der Waals surface area (Å²) in [7, 11) is 0. The zero-order valence-corrected chi connectivity index (χ0v) is 10.3. The Labute approximate surface area is 115 Å². The van der Waals surface area contributed by atoms with Crippen molar-refractivity contribution in [3.8, 4) is 5.75 Å². The zero-order valence-electron chi connectivity index (χ0n) is 10.3. The maximum Gasteiger partial charge on any atom is 0.267 e. The van der Waals surface area contributed by atoms with Gasteiger partial charge in [-0.25, -0.2) is 13.2 Å². The second kappa shape index (κ2) is 5.43. The minimum Gasteiger partial charge on any atom is -0.504 e. The average molecular weight is 304 g/mol. The topological polar surface area (TPSA) is 78.4 Å². The third-order valence-corrected chi connectivity index (χ3v) is 2.73. The smallest absolute Gasteiger partial charge is 0.267 e. The lowest BCUT2D eigenvalue weighted by atomic mass is 10.1. The Bertz CT molecular complexity index is 644. The van der Waals surface area contributed by atoms with Crippen molar-refractivity contribution in [3.63, 3.8) is 0 Å². The molecule has 0 aromatic heterocycles. The van der Waals surface area contributed by atoms with Crippen LogP contribution in [0.4, 0.5) is 17.6 Å². The quantitative estimate of drug-likeness (QED) is 0.247. The monoisotopic (exact) mass is 304 g/mol. The Hall–Kier alpha value is -2.58. The first-order chi connectivity index (χ1) is 9.84. The van der Waals surface area contributed by atoms with Crippen LogP contribution in [0, 0.1) is 23.3 Å². The number of nitrogens with one attached hydrogen (secondary N) is 2. The number of hydrogen-bond acceptors (Lipinski definition) is 4. The van der Waals surface area contributed by atoms with Crippen LogP contribution in [-0.2, 0) is 4.79 Å². The number of rotatable bonds is 2. The molecule has 0 radical (unpaired) electrons. The summed E-state index contributed by atoms with van der Waals surface area (Å²) in [6, 6.07) is 0. The van der Waals surface area contributed by atoms with E-state index in [1.807, 2.05) is 0 Å². The Morgan fingerprint density at radius 1 is 1.00 bits per heavy atom. The fourth-order valence-electron chi connectivity index (χ4n) is 1.71. The number of phenolic OH excluding ortho intramolecular Hbond substituents is 1. The van der Waals surface area contributed by atoms with Gasteiger partial charge in [-0.2, -0.15) is 4.39 Å². The number of hydrogen-bond donors (Lipinski definition) is 3. The minimum atomic E-state index is -2.23. The van der Waals surface area contributed by atoms with Gasteiger partial charge in [-0.05, 0) is 0 Å². The Kier molecular flexibility index (Phi) is 3.83. The van der Waals surface area contributed by atoms with Gasteiger partial charge in [0.1, 0.15) is 11.3 Å². The van der Waals surface area contributed by atoms with Gasteiger partial charge in [0, 0.05) is 19.2 Å². The van der Waals surface area contributed by atoms with Crippen LogP contribution in [0.2, 0.25) is 0 Å². The molecule has 0 atom stereocenters. The molecule has 1 aliphatic heterocycles. The summed E-state index contributed by atoms with van der Waals surface area (Å²) in [6.07, 6.45) is 0.559. The molecule has 5 nitrogen and oxygen atoms in total. The van der Waals surface area contributed by atoms with E-state index in [-0.39, 0.29) is 12.2 Å². The number of allylic oxidation sites excluding steroid dienone is 1. The zero-order chi connectivity index (χ0) is 15.7.